The minimum atomic E-state index is -0.994. The topological polar surface area (TPSA) is 66.4 Å². The van der Waals surface area contributed by atoms with Gasteiger partial charge in [0.15, 0.2) is 0 Å². The van der Waals surface area contributed by atoms with E-state index in [1.807, 2.05) is 17.5 Å². The van der Waals surface area contributed by atoms with Gasteiger partial charge in [-0.25, -0.2) is 4.79 Å². The first-order valence-electron chi connectivity index (χ1n) is 6.01. The molecule has 0 saturated heterocycles. The van der Waals surface area contributed by atoms with Crippen molar-refractivity contribution in [3.63, 3.8) is 0 Å². The number of benzene rings is 1. The lowest BCUT2D eigenvalue weighted by molar-refractivity contribution is -0.118. The average Bonchev–Trinajstić information content (AvgIpc) is 2.97. The molecule has 2 aromatic rings. The van der Waals surface area contributed by atoms with Crippen LogP contribution in [0.1, 0.15) is 15.2 Å². The van der Waals surface area contributed by atoms with Crippen LogP contribution in [0.25, 0.3) is 0 Å². The van der Waals surface area contributed by atoms with Crippen LogP contribution in [0.5, 0.6) is 0 Å². The smallest absolute Gasteiger partial charge is 0.336 e. The van der Waals surface area contributed by atoms with Gasteiger partial charge >= 0.3 is 5.97 Å². The minimum Gasteiger partial charge on any atom is -0.478 e. The molecule has 0 aliphatic heterocycles. The Morgan fingerprint density at radius 3 is 2.81 bits per heavy atom. The summed E-state index contributed by atoms with van der Waals surface area (Å²) >= 11 is 6.10. The van der Waals surface area contributed by atoms with Crippen molar-refractivity contribution in [1.82, 2.24) is 5.32 Å². The number of hydrogen-bond acceptors (Lipinski definition) is 4. The molecule has 1 heterocycles. The molecule has 7 heteroatoms. The zero-order valence-electron chi connectivity index (χ0n) is 10.8. The van der Waals surface area contributed by atoms with Gasteiger partial charge < -0.3 is 10.4 Å². The van der Waals surface area contributed by atoms with E-state index in [9.17, 15) is 9.59 Å². The van der Waals surface area contributed by atoms with E-state index in [-0.39, 0.29) is 17.2 Å². The number of carbonyl (C=O) groups excluding carboxylic acids is 1. The van der Waals surface area contributed by atoms with E-state index >= 15 is 0 Å². The van der Waals surface area contributed by atoms with E-state index in [2.05, 4.69) is 21.2 Å². The highest BCUT2D eigenvalue weighted by molar-refractivity contribution is 9.10. The number of rotatable bonds is 6. The number of thiophene rings is 1. The molecular formula is C14H12BrNO3S2. The van der Waals surface area contributed by atoms with E-state index in [0.29, 0.717) is 11.0 Å². The average molecular weight is 386 g/mol. The van der Waals surface area contributed by atoms with E-state index in [1.54, 1.807) is 29.5 Å². The van der Waals surface area contributed by atoms with E-state index < -0.39 is 5.97 Å². The fraction of sp³-hybridized carbons (Fsp3) is 0.143. The molecule has 2 N–H and O–H groups in total. The lowest BCUT2D eigenvalue weighted by Crippen LogP contribution is -2.24. The van der Waals surface area contributed by atoms with Crippen molar-refractivity contribution in [2.24, 2.45) is 0 Å². The molecule has 4 nitrogen and oxygen atoms in total. The normalized spacial score (nSPS) is 10.3. The monoisotopic (exact) mass is 385 g/mol. The summed E-state index contributed by atoms with van der Waals surface area (Å²) in [5.74, 6) is -0.814. The maximum atomic E-state index is 11.7. The van der Waals surface area contributed by atoms with E-state index in [1.165, 1.54) is 11.8 Å². The van der Waals surface area contributed by atoms with Gasteiger partial charge in [-0.1, -0.05) is 6.07 Å². The van der Waals surface area contributed by atoms with E-state index in [4.69, 9.17) is 5.11 Å². The van der Waals surface area contributed by atoms with Crippen molar-refractivity contribution in [2.75, 3.05) is 5.75 Å². The number of halogens is 1. The molecule has 0 aliphatic carbocycles. The molecule has 0 saturated carbocycles. The molecule has 1 aromatic carbocycles. The number of carbonyl (C=O) groups is 2. The Morgan fingerprint density at radius 1 is 1.33 bits per heavy atom. The Hall–Kier alpha value is -1.31. The summed E-state index contributed by atoms with van der Waals surface area (Å²) < 4.78 is 0.529. The van der Waals surface area contributed by atoms with Gasteiger partial charge in [-0.3, -0.25) is 4.79 Å². The van der Waals surface area contributed by atoms with Crippen LogP contribution in [0, 0.1) is 0 Å². The first kappa shape index (κ1) is 16.1. The Labute approximate surface area is 138 Å². The van der Waals surface area contributed by atoms with Crippen LogP contribution in [0.15, 0.2) is 45.1 Å². The van der Waals surface area contributed by atoms with Gasteiger partial charge in [0.25, 0.3) is 0 Å². The first-order chi connectivity index (χ1) is 10.1. The van der Waals surface area contributed by atoms with Crippen LogP contribution in [-0.2, 0) is 11.3 Å². The molecule has 1 amide bonds. The maximum absolute atomic E-state index is 11.7. The highest BCUT2D eigenvalue weighted by Crippen LogP contribution is 2.24. The zero-order valence-corrected chi connectivity index (χ0v) is 14.1. The lowest BCUT2D eigenvalue weighted by Gasteiger charge is -2.05. The molecule has 0 unspecified atom stereocenters. The number of carboxylic acid groups (broad SMARTS) is 1. The third kappa shape index (κ3) is 4.87. The van der Waals surface area contributed by atoms with E-state index in [0.717, 1.165) is 9.77 Å². The van der Waals surface area contributed by atoms with Gasteiger partial charge in [0.2, 0.25) is 5.91 Å². The van der Waals surface area contributed by atoms with Crippen LogP contribution in [0.2, 0.25) is 0 Å². The van der Waals surface area contributed by atoms with Gasteiger partial charge in [0.1, 0.15) is 0 Å². The summed E-state index contributed by atoms with van der Waals surface area (Å²) in [6.07, 6.45) is 0. The largest absolute Gasteiger partial charge is 0.478 e. The fourth-order valence-corrected chi connectivity index (χ4v) is 3.38. The summed E-state index contributed by atoms with van der Waals surface area (Å²) in [6.45, 7) is 0.526. The van der Waals surface area contributed by atoms with Crippen molar-refractivity contribution < 1.29 is 14.7 Å². The van der Waals surface area contributed by atoms with Gasteiger partial charge in [-0.05, 0) is 45.6 Å². The molecule has 0 spiro atoms. The van der Waals surface area contributed by atoms with Gasteiger partial charge in [-0.2, -0.15) is 0 Å². The summed E-state index contributed by atoms with van der Waals surface area (Å²) in [4.78, 5) is 24.6. The molecule has 0 bridgehead atoms. The highest BCUT2D eigenvalue weighted by Gasteiger charge is 2.10. The quantitative estimate of drug-likeness (QED) is 0.745. The lowest BCUT2D eigenvalue weighted by atomic mass is 10.2. The number of nitrogens with one attached hydrogen (secondary N) is 1. The van der Waals surface area contributed by atoms with Gasteiger partial charge in [-0.15, -0.1) is 23.1 Å². The predicted octanol–water partition coefficient (Wildman–Crippen LogP) is 3.62. The van der Waals surface area contributed by atoms with Crippen LogP contribution >= 0.6 is 39.0 Å². The standard InChI is InChI=1S/C14H12BrNO3S2/c15-12-4-3-9(6-11(12)14(18)19)21-8-13(17)16-7-10-2-1-5-20-10/h1-6H,7-8H2,(H,16,17)(H,18,19). The third-order valence-corrected chi connectivity index (χ3v) is 5.14. The number of aromatic carboxylic acids is 1. The number of amides is 1. The Morgan fingerprint density at radius 2 is 2.14 bits per heavy atom. The van der Waals surface area contributed by atoms with Crippen LogP contribution < -0.4 is 5.32 Å². The third-order valence-electron chi connectivity index (χ3n) is 2.58. The SMILES string of the molecule is O=C(CSc1ccc(Br)c(C(=O)O)c1)NCc1cccs1. The predicted molar refractivity (Wildman–Crippen MR) is 88.0 cm³/mol. The summed E-state index contributed by atoms with van der Waals surface area (Å²) in [5.41, 5.74) is 0.194. The molecule has 110 valence electrons. The van der Waals surface area contributed by atoms with Crippen molar-refractivity contribution in [3.05, 3.63) is 50.6 Å². The molecule has 0 radical (unpaired) electrons. The summed E-state index contributed by atoms with van der Waals surface area (Å²) in [7, 11) is 0. The van der Waals surface area contributed by atoms with Crippen LogP contribution in [-0.4, -0.2) is 22.7 Å². The second-order valence-electron chi connectivity index (χ2n) is 4.09. The van der Waals surface area contributed by atoms with Crippen LogP contribution in [0.3, 0.4) is 0 Å². The fourth-order valence-electron chi connectivity index (χ4n) is 1.56. The van der Waals surface area contributed by atoms with Gasteiger partial charge in [0.05, 0.1) is 17.9 Å². The van der Waals surface area contributed by atoms with Crippen molar-refractivity contribution >= 4 is 50.9 Å². The molecule has 0 aliphatic rings. The zero-order chi connectivity index (χ0) is 15.2. The van der Waals surface area contributed by atoms with Crippen molar-refractivity contribution in [3.8, 4) is 0 Å². The number of thioether (sulfide) groups is 1. The molecule has 0 atom stereocenters. The Bertz CT molecular complexity index is 644. The second-order valence-corrected chi connectivity index (χ2v) is 7.03. The molecular weight excluding hydrogens is 374 g/mol. The number of carboxylic acids is 1. The second kappa shape index (κ2) is 7.63. The Balaban J connectivity index is 1.86. The highest BCUT2D eigenvalue weighted by atomic mass is 79.9. The first-order valence-corrected chi connectivity index (χ1v) is 8.67. The molecule has 0 fully saturated rings. The molecule has 21 heavy (non-hydrogen) atoms. The Kier molecular flexibility index (Phi) is 5.84. The molecule has 2 rings (SSSR count). The molecule has 1 aromatic heterocycles. The maximum Gasteiger partial charge on any atom is 0.336 e. The number of hydrogen-bond donors (Lipinski definition) is 2. The summed E-state index contributed by atoms with van der Waals surface area (Å²) in [6, 6.07) is 8.93. The van der Waals surface area contributed by atoms with Crippen molar-refractivity contribution in [1.29, 1.82) is 0 Å². The summed E-state index contributed by atoms with van der Waals surface area (Å²) in [5, 5.41) is 13.8. The van der Waals surface area contributed by atoms with Crippen molar-refractivity contribution in [2.45, 2.75) is 11.4 Å². The minimum absolute atomic E-state index is 0.0757. The van der Waals surface area contributed by atoms with Gasteiger partial charge in [0, 0.05) is 14.2 Å². The van der Waals surface area contributed by atoms with Crippen LogP contribution in [0.4, 0.5) is 0 Å².